The van der Waals surface area contributed by atoms with Crippen LogP contribution in [0.3, 0.4) is 0 Å². The number of carboxylic acid groups (broad SMARTS) is 2. The molecule has 5 nitrogen and oxygen atoms in total. The monoisotopic (exact) mass is 357 g/mol. The van der Waals surface area contributed by atoms with Gasteiger partial charge in [-0.3, -0.25) is 9.59 Å². The first kappa shape index (κ1) is 23.9. The van der Waals surface area contributed by atoms with Crippen LogP contribution < -0.4 is 0 Å². The maximum atomic E-state index is 10.1. The lowest BCUT2D eigenvalue weighted by atomic mass is 9.68. The van der Waals surface area contributed by atoms with Crippen LogP contribution in [0.2, 0.25) is 0 Å². The van der Waals surface area contributed by atoms with Crippen LogP contribution in [-0.4, -0.2) is 46.2 Å². The average Bonchev–Trinajstić information content (AvgIpc) is 2.48. The van der Waals surface area contributed by atoms with Gasteiger partial charge in [0.2, 0.25) is 0 Å². The molecule has 0 radical (unpaired) electrons. The van der Waals surface area contributed by atoms with Crippen LogP contribution in [0, 0.1) is 5.41 Å². The van der Waals surface area contributed by atoms with Gasteiger partial charge in [0.15, 0.2) is 0 Å². The topological polar surface area (TPSA) is 77.8 Å². The van der Waals surface area contributed by atoms with E-state index in [1.807, 2.05) is 0 Å². The van der Waals surface area contributed by atoms with Crippen LogP contribution in [-0.2, 0) is 9.59 Å². The number of piperidine rings is 1. The lowest BCUT2D eigenvalue weighted by molar-refractivity contribution is -0.138. The number of hydrogen-bond acceptors (Lipinski definition) is 3. The molecule has 0 amide bonds. The molecule has 0 aromatic carbocycles. The van der Waals surface area contributed by atoms with Crippen molar-refractivity contribution in [2.75, 3.05) is 13.6 Å². The molecule has 0 atom stereocenters. The van der Waals surface area contributed by atoms with E-state index in [0.29, 0.717) is 11.0 Å². The first-order valence-electron chi connectivity index (χ1n) is 9.65. The van der Waals surface area contributed by atoms with Crippen LogP contribution in [0.5, 0.6) is 0 Å². The first-order chi connectivity index (χ1) is 11.5. The summed E-state index contributed by atoms with van der Waals surface area (Å²) >= 11 is 0. The zero-order chi connectivity index (χ0) is 19.5. The molecule has 2 N–H and O–H groups in total. The maximum Gasteiger partial charge on any atom is 0.303 e. The van der Waals surface area contributed by atoms with E-state index in [9.17, 15) is 9.59 Å². The molecule has 1 aliphatic rings. The Hall–Kier alpha value is -1.10. The van der Waals surface area contributed by atoms with Crippen LogP contribution in [0.15, 0.2) is 0 Å². The highest BCUT2D eigenvalue weighted by Gasteiger charge is 2.42. The Bertz CT molecular complexity index is 385. The summed E-state index contributed by atoms with van der Waals surface area (Å²) in [5, 5.41) is 16.7. The summed E-state index contributed by atoms with van der Waals surface area (Å²) in [6, 6.07) is 0. The van der Waals surface area contributed by atoms with Gasteiger partial charge in [-0.1, -0.05) is 39.5 Å². The summed E-state index contributed by atoms with van der Waals surface area (Å²) in [7, 11) is 2.24. The maximum absolute atomic E-state index is 10.1. The Labute approximate surface area is 153 Å². The zero-order valence-electron chi connectivity index (χ0n) is 16.9. The summed E-state index contributed by atoms with van der Waals surface area (Å²) < 4.78 is 0. The Morgan fingerprint density at radius 1 is 0.840 bits per heavy atom. The Morgan fingerprint density at radius 2 is 1.24 bits per heavy atom. The molecular weight excluding hydrogens is 318 g/mol. The molecule has 0 spiro atoms. The number of likely N-dealkylation sites (tertiary alicyclic amines) is 1. The van der Waals surface area contributed by atoms with Gasteiger partial charge in [-0.15, -0.1) is 0 Å². The lowest BCUT2D eigenvalue weighted by Gasteiger charge is -2.52. The second kappa shape index (κ2) is 11.5. The van der Waals surface area contributed by atoms with E-state index in [1.54, 1.807) is 0 Å². The fraction of sp³-hybridized carbons (Fsp3) is 0.900. The standard InChI is InChI=1S/C10H21N.C10H18O4/c1-9(2)7-6-8-11(5)10(9,3)4;11-9(12)7-5-3-1-2-4-6-8-10(13)14/h6-8H2,1-5H3;1-8H2,(H,11,12)(H,13,14). The highest BCUT2D eigenvalue weighted by Crippen LogP contribution is 2.42. The van der Waals surface area contributed by atoms with Crippen LogP contribution in [0.4, 0.5) is 0 Å². The quantitative estimate of drug-likeness (QED) is 0.580. The molecule has 0 aromatic rings. The van der Waals surface area contributed by atoms with Gasteiger partial charge in [0, 0.05) is 18.4 Å². The molecule has 1 rings (SSSR count). The largest absolute Gasteiger partial charge is 0.481 e. The molecule has 0 aromatic heterocycles. The predicted octanol–water partition coefficient (Wildman–Crippen LogP) is 4.79. The third kappa shape index (κ3) is 9.83. The molecule has 5 heteroatoms. The smallest absolute Gasteiger partial charge is 0.303 e. The van der Waals surface area contributed by atoms with Gasteiger partial charge in [-0.2, -0.15) is 0 Å². The summed E-state index contributed by atoms with van der Waals surface area (Å²) in [4.78, 5) is 22.8. The fourth-order valence-corrected chi connectivity index (χ4v) is 3.12. The minimum absolute atomic E-state index is 0.245. The van der Waals surface area contributed by atoms with E-state index >= 15 is 0 Å². The third-order valence-corrected chi connectivity index (χ3v) is 5.94. The van der Waals surface area contributed by atoms with Gasteiger partial charge in [-0.05, 0) is 58.5 Å². The molecule has 1 fully saturated rings. The highest BCUT2D eigenvalue weighted by molar-refractivity contribution is 5.66. The van der Waals surface area contributed by atoms with Crippen molar-refractivity contribution in [1.29, 1.82) is 0 Å². The Balaban J connectivity index is 0.000000472. The Kier molecular flexibility index (Phi) is 11.0. The van der Waals surface area contributed by atoms with E-state index < -0.39 is 11.9 Å². The lowest BCUT2D eigenvalue weighted by Crippen LogP contribution is -2.55. The molecule has 0 unspecified atom stereocenters. The van der Waals surface area contributed by atoms with Crippen molar-refractivity contribution in [3.8, 4) is 0 Å². The van der Waals surface area contributed by atoms with Crippen molar-refractivity contribution >= 4 is 11.9 Å². The normalized spacial score (nSPS) is 18.9. The first-order valence-corrected chi connectivity index (χ1v) is 9.65. The van der Waals surface area contributed by atoms with E-state index in [1.165, 1.54) is 19.4 Å². The van der Waals surface area contributed by atoms with E-state index in [4.69, 9.17) is 10.2 Å². The second-order valence-corrected chi connectivity index (χ2v) is 8.38. The van der Waals surface area contributed by atoms with Gasteiger partial charge in [0.05, 0.1) is 0 Å². The van der Waals surface area contributed by atoms with Gasteiger partial charge in [0.1, 0.15) is 0 Å². The molecule has 1 aliphatic heterocycles. The van der Waals surface area contributed by atoms with Crippen molar-refractivity contribution < 1.29 is 19.8 Å². The number of nitrogens with zero attached hydrogens (tertiary/aromatic N) is 1. The zero-order valence-corrected chi connectivity index (χ0v) is 16.9. The Morgan fingerprint density at radius 3 is 1.56 bits per heavy atom. The number of unbranched alkanes of at least 4 members (excludes halogenated alkanes) is 5. The van der Waals surface area contributed by atoms with Gasteiger partial charge in [-0.25, -0.2) is 0 Å². The fourth-order valence-electron chi connectivity index (χ4n) is 3.12. The molecule has 1 heterocycles. The van der Waals surface area contributed by atoms with Crippen molar-refractivity contribution in [3.63, 3.8) is 0 Å². The van der Waals surface area contributed by atoms with Crippen molar-refractivity contribution in [3.05, 3.63) is 0 Å². The number of aliphatic carboxylic acids is 2. The summed E-state index contributed by atoms with van der Waals surface area (Å²) in [5.41, 5.74) is 0.839. The summed E-state index contributed by atoms with van der Waals surface area (Å²) in [5.74, 6) is -1.48. The number of rotatable bonds is 9. The molecule has 25 heavy (non-hydrogen) atoms. The summed E-state index contributed by atoms with van der Waals surface area (Å²) in [6.45, 7) is 10.7. The van der Waals surface area contributed by atoms with Crippen LogP contribution in [0.1, 0.15) is 91.9 Å². The number of carbonyl (C=O) groups is 2. The SMILES string of the molecule is CN1CCCC(C)(C)C1(C)C.O=C(O)CCCCCCCCC(=O)O. The van der Waals surface area contributed by atoms with Crippen molar-refractivity contribution in [2.45, 2.75) is 97.4 Å². The van der Waals surface area contributed by atoms with E-state index in [-0.39, 0.29) is 12.8 Å². The van der Waals surface area contributed by atoms with E-state index in [2.05, 4.69) is 39.6 Å². The molecular formula is C20H39NO4. The third-order valence-electron chi connectivity index (χ3n) is 5.94. The molecule has 148 valence electrons. The highest BCUT2D eigenvalue weighted by atomic mass is 16.4. The minimum atomic E-state index is -0.740. The van der Waals surface area contributed by atoms with Crippen molar-refractivity contribution in [1.82, 2.24) is 4.90 Å². The van der Waals surface area contributed by atoms with Crippen LogP contribution in [0.25, 0.3) is 0 Å². The molecule has 1 saturated heterocycles. The average molecular weight is 358 g/mol. The van der Waals surface area contributed by atoms with Gasteiger partial charge >= 0.3 is 11.9 Å². The van der Waals surface area contributed by atoms with Gasteiger partial charge < -0.3 is 15.1 Å². The minimum Gasteiger partial charge on any atom is -0.481 e. The van der Waals surface area contributed by atoms with Gasteiger partial charge in [0.25, 0.3) is 0 Å². The predicted molar refractivity (Wildman–Crippen MR) is 102 cm³/mol. The second-order valence-electron chi connectivity index (χ2n) is 8.38. The molecule has 0 saturated carbocycles. The summed E-state index contributed by atoms with van der Waals surface area (Å²) in [6.07, 6.45) is 8.54. The molecule has 0 bridgehead atoms. The number of hydrogen-bond donors (Lipinski definition) is 2. The molecule has 0 aliphatic carbocycles. The van der Waals surface area contributed by atoms with Crippen molar-refractivity contribution in [2.24, 2.45) is 5.41 Å². The van der Waals surface area contributed by atoms with E-state index in [0.717, 1.165) is 38.5 Å². The van der Waals surface area contributed by atoms with Crippen LogP contribution >= 0.6 is 0 Å². The number of carboxylic acids is 2.